The Morgan fingerprint density at radius 3 is 2.73 bits per heavy atom. The van der Waals surface area contributed by atoms with Gasteiger partial charge in [-0.25, -0.2) is 0 Å². The summed E-state index contributed by atoms with van der Waals surface area (Å²) in [5, 5.41) is 0. The van der Waals surface area contributed by atoms with E-state index in [-0.39, 0.29) is 0 Å². The minimum Gasteiger partial charge on any atom is -0.254 e. The molecule has 2 rings (SSSR count). The third-order valence-electron chi connectivity index (χ3n) is 2.27. The van der Waals surface area contributed by atoms with E-state index in [1.807, 2.05) is 30.3 Å². The van der Waals surface area contributed by atoms with E-state index in [1.54, 1.807) is 6.20 Å². The Morgan fingerprint density at radius 2 is 2.00 bits per heavy atom. The lowest BCUT2D eigenvalue weighted by Gasteiger charge is -2.05. The van der Waals surface area contributed by atoms with E-state index in [9.17, 15) is 0 Å². The van der Waals surface area contributed by atoms with Crippen LogP contribution in [0.4, 0.5) is 0 Å². The fourth-order valence-electron chi connectivity index (χ4n) is 1.56. The number of hydrogen-bond donors (Lipinski definition) is 0. The summed E-state index contributed by atoms with van der Waals surface area (Å²) in [5.41, 5.74) is 3.44. The maximum Gasteiger partial charge on any atom is 0.0973 e. The molecule has 1 heteroatoms. The second kappa shape index (κ2) is 4.56. The second-order valence-corrected chi connectivity index (χ2v) is 3.32. The molecule has 0 bridgehead atoms. The van der Waals surface area contributed by atoms with Crippen molar-refractivity contribution in [2.45, 2.75) is 6.42 Å². The molecule has 1 heterocycles. The molecule has 2 aromatic rings. The van der Waals surface area contributed by atoms with Gasteiger partial charge < -0.3 is 0 Å². The van der Waals surface area contributed by atoms with Crippen molar-refractivity contribution in [2.75, 3.05) is 0 Å². The third kappa shape index (κ3) is 2.13. The molecule has 0 spiro atoms. The van der Waals surface area contributed by atoms with Gasteiger partial charge in [-0.2, -0.15) is 0 Å². The molecule has 0 atom stereocenters. The highest BCUT2D eigenvalue weighted by Crippen LogP contribution is 2.22. The topological polar surface area (TPSA) is 12.9 Å². The van der Waals surface area contributed by atoms with Crippen LogP contribution < -0.4 is 0 Å². The van der Waals surface area contributed by atoms with Gasteiger partial charge in [0.05, 0.1) is 6.20 Å². The maximum absolute atomic E-state index is 4.04. The van der Waals surface area contributed by atoms with Gasteiger partial charge in [-0.05, 0) is 23.6 Å². The minimum atomic E-state index is 0.850. The van der Waals surface area contributed by atoms with Crippen LogP contribution in [0.25, 0.3) is 11.1 Å². The van der Waals surface area contributed by atoms with Crippen LogP contribution >= 0.6 is 0 Å². The number of pyridine rings is 1. The Hall–Kier alpha value is -1.89. The van der Waals surface area contributed by atoms with Crippen molar-refractivity contribution in [3.63, 3.8) is 0 Å². The summed E-state index contributed by atoms with van der Waals surface area (Å²) in [6.45, 7) is 3.76. The normalized spacial score (nSPS) is 9.87. The smallest absolute Gasteiger partial charge is 0.0973 e. The van der Waals surface area contributed by atoms with Gasteiger partial charge in [-0.3, -0.25) is 4.98 Å². The molecule has 0 saturated heterocycles. The van der Waals surface area contributed by atoms with Gasteiger partial charge in [0.1, 0.15) is 0 Å². The van der Waals surface area contributed by atoms with Crippen LogP contribution in [0.3, 0.4) is 0 Å². The van der Waals surface area contributed by atoms with Crippen molar-refractivity contribution in [1.29, 1.82) is 0 Å². The molecule has 0 fully saturated rings. The van der Waals surface area contributed by atoms with Crippen molar-refractivity contribution in [1.82, 2.24) is 4.98 Å². The number of allylic oxidation sites excluding steroid dienone is 1. The van der Waals surface area contributed by atoms with Crippen LogP contribution in [0.2, 0.25) is 0 Å². The quantitative estimate of drug-likeness (QED) is 0.683. The molecule has 0 N–H and O–H groups in total. The van der Waals surface area contributed by atoms with Crippen LogP contribution in [-0.2, 0) is 6.42 Å². The number of aromatic nitrogens is 1. The summed E-state index contributed by atoms with van der Waals surface area (Å²) in [4.78, 5) is 4.04. The molecule has 1 aromatic carbocycles. The van der Waals surface area contributed by atoms with E-state index in [1.165, 1.54) is 5.56 Å². The zero-order valence-electron chi connectivity index (χ0n) is 8.48. The third-order valence-corrected chi connectivity index (χ3v) is 2.27. The van der Waals surface area contributed by atoms with Gasteiger partial charge in [0.15, 0.2) is 0 Å². The van der Waals surface area contributed by atoms with E-state index in [0.29, 0.717) is 0 Å². The fraction of sp³-hybridized carbons (Fsp3) is 0.0714. The molecule has 1 nitrogen and oxygen atoms in total. The molecule has 1 radical (unpaired) electrons. The summed E-state index contributed by atoms with van der Waals surface area (Å²) in [6.07, 6.45) is 7.56. The van der Waals surface area contributed by atoms with Gasteiger partial charge in [-0.15, -0.1) is 6.58 Å². The molecule has 0 amide bonds. The number of benzene rings is 1. The average molecular weight is 194 g/mol. The first-order valence-corrected chi connectivity index (χ1v) is 4.93. The van der Waals surface area contributed by atoms with Crippen LogP contribution in [0.1, 0.15) is 5.56 Å². The monoisotopic (exact) mass is 194 g/mol. The largest absolute Gasteiger partial charge is 0.254 e. The second-order valence-electron chi connectivity index (χ2n) is 3.32. The minimum absolute atomic E-state index is 0.850. The number of nitrogens with zero attached hydrogens (tertiary/aromatic N) is 1. The lowest BCUT2D eigenvalue weighted by molar-refractivity contribution is 1.21. The Morgan fingerprint density at radius 1 is 1.20 bits per heavy atom. The van der Waals surface area contributed by atoms with Crippen molar-refractivity contribution in [2.24, 2.45) is 0 Å². The first-order chi connectivity index (χ1) is 7.42. The summed E-state index contributed by atoms with van der Waals surface area (Å²) in [6, 6.07) is 12.2. The molecule has 1 aromatic heterocycles. The molecular formula is C14H12N. The lowest BCUT2D eigenvalue weighted by Crippen LogP contribution is -1.89. The molecule has 15 heavy (non-hydrogen) atoms. The summed E-state index contributed by atoms with van der Waals surface area (Å²) in [7, 11) is 0. The summed E-state index contributed by atoms with van der Waals surface area (Å²) in [5.74, 6) is 0. The average Bonchev–Trinajstić information content (AvgIpc) is 2.31. The lowest BCUT2D eigenvalue weighted by atomic mass is 10.0. The predicted octanol–water partition coefficient (Wildman–Crippen LogP) is 3.28. The van der Waals surface area contributed by atoms with Gasteiger partial charge in [0.25, 0.3) is 0 Å². The molecule has 73 valence electrons. The Kier molecular flexibility index (Phi) is 2.93. The van der Waals surface area contributed by atoms with Crippen molar-refractivity contribution < 1.29 is 0 Å². The first-order valence-electron chi connectivity index (χ1n) is 4.93. The van der Waals surface area contributed by atoms with Gasteiger partial charge in [0, 0.05) is 11.8 Å². The molecule has 0 aliphatic heterocycles. The van der Waals surface area contributed by atoms with E-state index < -0.39 is 0 Å². The van der Waals surface area contributed by atoms with E-state index in [4.69, 9.17) is 0 Å². The SMILES string of the molecule is C=CCc1ccn[c]c1-c1ccccc1. The Balaban J connectivity index is 2.48. The molecule has 0 aliphatic carbocycles. The van der Waals surface area contributed by atoms with Crippen molar-refractivity contribution in [3.8, 4) is 11.1 Å². The molecule has 0 saturated carbocycles. The van der Waals surface area contributed by atoms with E-state index >= 15 is 0 Å². The predicted molar refractivity (Wildman–Crippen MR) is 62.4 cm³/mol. The molecular weight excluding hydrogens is 182 g/mol. The first kappa shape index (κ1) is 9.66. The van der Waals surface area contributed by atoms with Gasteiger partial charge in [-0.1, -0.05) is 36.4 Å². The standard InChI is InChI=1S/C14H12N/c1-2-6-12-9-10-15-11-14(12)13-7-4-3-5-8-13/h2-5,7-10H,1,6H2. The zero-order valence-corrected chi connectivity index (χ0v) is 8.48. The van der Waals surface area contributed by atoms with Crippen molar-refractivity contribution >= 4 is 0 Å². The van der Waals surface area contributed by atoms with Crippen LogP contribution in [-0.4, -0.2) is 4.98 Å². The van der Waals surface area contributed by atoms with Gasteiger partial charge >= 0.3 is 0 Å². The Labute approximate surface area is 90.1 Å². The number of hydrogen-bond acceptors (Lipinski definition) is 1. The number of rotatable bonds is 3. The highest BCUT2D eigenvalue weighted by atomic mass is 14.6. The van der Waals surface area contributed by atoms with Crippen LogP contribution in [0.15, 0.2) is 55.3 Å². The highest BCUT2D eigenvalue weighted by Gasteiger charge is 2.03. The molecule has 0 aliphatic rings. The van der Waals surface area contributed by atoms with Crippen LogP contribution in [0.5, 0.6) is 0 Å². The Bertz CT molecular complexity index is 446. The van der Waals surface area contributed by atoms with E-state index in [2.05, 4.69) is 29.9 Å². The van der Waals surface area contributed by atoms with Crippen molar-refractivity contribution in [3.05, 3.63) is 67.0 Å². The summed E-state index contributed by atoms with van der Waals surface area (Å²) < 4.78 is 0. The zero-order chi connectivity index (χ0) is 10.5. The van der Waals surface area contributed by atoms with E-state index in [0.717, 1.165) is 17.5 Å². The maximum atomic E-state index is 4.04. The molecule has 0 unspecified atom stereocenters. The van der Waals surface area contributed by atoms with Crippen LogP contribution in [0, 0.1) is 6.20 Å². The summed E-state index contributed by atoms with van der Waals surface area (Å²) >= 11 is 0. The van der Waals surface area contributed by atoms with Gasteiger partial charge in [0.2, 0.25) is 0 Å². The highest BCUT2D eigenvalue weighted by molar-refractivity contribution is 5.65. The fourth-order valence-corrected chi connectivity index (χ4v) is 1.56.